The highest BCUT2D eigenvalue weighted by Gasteiger charge is 2.16. The molecule has 0 radical (unpaired) electrons. The molecule has 8 heteroatoms. The number of nitrogens with one attached hydrogen (secondary N) is 2. The Balaban J connectivity index is 2.08. The second-order valence-corrected chi connectivity index (χ2v) is 6.98. The van der Waals surface area contributed by atoms with Crippen LogP contribution in [0.4, 0.5) is 4.79 Å². The second kappa shape index (κ2) is 7.14. The molecule has 0 saturated carbocycles. The van der Waals surface area contributed by atoms with Gasteiger partial charge in [-0.25, -0.2) is 9.59 Å². The van der Waals surface area contributed by atoms with E-state index in [-0.39, 0.29) is 10.8 Å². The molecule has 0 spiro atoms. The average Bonchev–Trinajstić information content (AvgIpc) is 2.43. The van der Waals surface area contributed by atoms with Crippen LogP contribution in [0.3, 0.4) is 0 Å². The lowest BCUT2D eigenvalue weighted by molar-refractivity contribution is -0.122. The molecular formula is C17H19ClN2O5. The zero-order valence-corrected chi connectivity index (χ0v) is 15.1. The van der Waals surface area contributed by atoms with Gasteiger partial charge in [0.2, 0.25) is 0 Å². The van der Waals surface area contributed by atoms with Crippen LogP contribution in [0.15, 0.2) is 27.4 Å². The summed E-state index contributed by atoms with van der Waals surface area (Å²) in [5.41, 5.74) is 0.0592. The summed E-state index contributed by atoms with van der Waals surface area (Å²) < 4.78 is 10.4. The van der Waals surface area contributed by atoms with Crippen LogP contribution in [-0.2, 0) is 4.79 Å². The van der Waals surface area contributed by atoms with Crippen LogP contribution in [0.2, 0.25) is 5.02 Å². The third-order valence-electron chi connectivity index (χ3n) is 3.10. The molecule has 0 aliphatic heterocycles. The first-order valence-corrected chi connectivity index (χ1v) is 7.92. The van der Waals surface area contributed by atoms with Gasteiger partial charge in [-0.15, -0.1) is 0 Å². The number of rotatable bonds is 3. The van der Waals surface area contributed by atoms with Crippen molar-refractivity contribution in [1.82, 2.24) is 10.6 Å². The minimum atomic E-state index is -0.636. The molecule has 3 amide bonds. The molecule has 0 bridgehead atoms. The van der Waals surface area contributed by atoms with Crippen LogP contribution >= 0.6 is 11.6 Å². The maximum absolute atomic E-state index is 11.8. The Morgan fingerprint density at radius 3 is 2.56 bits per heavy atom. The fourth-order valence-corrected chi connectivity index (χ4v) is 2.33. The van der Waals surface area contributed by atoms with E-state index in [0.717, 1.165) is 5.56 Å². The van der Waals surface area contributed by atoms with E-state index in [0.29, 0.717) is 11.0 Å². The summed E-state index contributed by atoms with van der Waals surface area (Å²) in [6, 6.07) is 3.77. The molecule has 0 aliphatic rings. The van der Waals surface area contributed by atoms with E-state index in [2.05, 4.69) is 10.6 Å². The van der Waals surface area contributed by atoms with Crippen molar-refractivity contribution in [2.24, 2.45) is 0 Å². The Labute approximate surface area is 149 Å². The van der Waals surface area contributed by atoms with Crippen molar-refractivity contribution in [3.05, 3.63) is 39.2 Å². The summed E-state index contributed by atoms with van der Waals surface area (Å²) in [6.45, 7) is 6.71. The zero-order chi connectivity index (χ0) is 18.8. The number of fused-ring (bicyclic) bond motifs is 1. The monoisotopic (exact) mass is 366 g/mol. The van der Waals surface area contributed by atoms with Gasteiger partial charge in [0.1, 0.15) is 11.3 Å². The predicted octanol–water partition coefficient (Wildman–Crippen LogP) is 2.76. The molecule has 2 rings (SSSR count). The number of imide groups is 1. The third kappa shape index (κ3) is 5.22. The number of aryl methyl sites for hydroxylation is 1. The Morgan fingerprint density at radius 2 is 1.92 bits per heavy atom. The lowest BCUT2D eigenvalue weighted by Crippen LogP contribution is -2.49. The molecule has 7 nitrogen and oxygen atoms in total. The Kier molecular flexibility index (Phi) is 5.37. The fraction of sp³-hybridized carbons (Fsp3) is 0.353. The minimum absolute atomic E-state index is 0.175. The van der Waals surface area contributed by atoms with E-state index in [9.17, 15) is 14.4 Å². The van der Waals surface area contributed by atoms with Crippen molar-refractivity contribution in [3.63, 3.8) is 0 Å². The van der Waals surface area contributed by atoms with Gasteiger partial charge in [-0.2, -0.15) is 0 Å². The van der Waals surface area contributed by atoms with Gasteiger partial charge in [-0.1, -0.05) is 11.6 Å². The van der Waals surface area contributed by atoms with Crippen molar-refractivity contribution in [2.75, 3.05) is 6.61 Å². The molecule has 0 fully saturated rings. The number of carbonyl (C=O) groups is 2. The van der Waals surface area contributed by atoms with E-state index in [1.165, 1.54) is 12.1 Å². The third-order valence-corrected chi connectivity index (χ3v) is 3.40. The van der Waals surface area contributed by atoms with Crippen molar-refractivity contribution >= 4 is 34.5 Å². The summed E-state index contributed by atoms with van der Waals surface area (Å²) in [7, 11) is 0. The van der Waals surface area contributed by atoms with Crippen LogP contribution in [0, 0.1) is 6.92 Å². The maximum atomic E-state index is 11.8. The van der Waals surface area contributed by atoms with E-state index in [4.69, 9.17) is 20.8 Å². The van der Waals surface area contributed by atoms with E-state index in [1.54, 1.807) is 33.8 Å². The Morgan fingerprint density at radius 1 is 1.24 bits per heavy atom. The normalized spacial score (nSPS) is 11.2. The molecule has 1 aromatic heterocycles. The summed E-state index contributed by atoms with van der Waals surface area (Å²) in [6.07, 6.45) is 0. The number of carbonyl (C=O) groups excluding carboxylic acids is 2. The molecule has 1 aromatic carbocycles. The summed E-state index contributed by atoms with van der Waals surface area (Å²) >= 11 is 6.14. The van der Waals surface area contributed by atoms with E-state index >= 15 is 0 Å². The Hall–Kier alpha value is -2.54. The van der Waals surface area contributed by atoms with Gasteiger partial charge >= 0.3 is 11.7 Å². The lowest BCUT2D eigenvalue weighted by Gasteiger charge is -2.20. The van der Waals surface area contributed by atoms with Gasteiger partial charge in [0.25, 0.3) is 5.91 Å². The summed E-state index contributed by atoms with van der Waals surface area (Å²) in [5.74, 6) is -0.460. The van der Waals surface area contributed by atoms with Crippen LogP contribution in [-0.4, -0.2) is 24.1 Å². The predicted molar refractivity (Wildman–Crippen MR) is 94.2 cm³/mol. The van der Waals surface area contributed by atoms with Gasteiger partial charge in [0.15, 0.2) is 6.61 Å². The maximum Gasteiger partial charge on any atom is 0.336 e. The standard InChI is InChI=1S/C17H19ClN2O5/c1-9-5-15(22)25-12-7-13(11(18)6-10(9)12)24-8-14(21)19-16(23)20-17(2,3)4/h5-7H,8H2,1-4H3,(H2,19,20,21,23). The topological polar surface area (TPSA) is 97.6 Å². The van der Waals surface area contributed by atoms with Gasteiger partial charge in [-0.3, -0.25) is 10.1 Å². The summed E-state index contributed by atoms with van der Waals surface area (Å²) in [4.78, 5) is 34.9. The number of hydrogen-bond donors (Lipinski definition) is 2. The number of ether oxygens (including phenoxy) is 1. The molecular weight excluding hydrogens is 348 g/mol. The number of benzene rings is 1. The second-order valence-electron chi connectivity index (χ2n) is 6.57. The molecule has 0 aliphatic carbocycles. The Bertz CT molecular complexity index is 883. The number of amides is 3. The van der Waals surface area contributed by atoms with Crippen LogP contribution < -0.4 is 21.0 Å². The average molecular weight is 367 g/mol. The van der Waals surface area contributed by atoms with Crippen molar-refractivity contribution < 1.29 is 18.7 Å². The van der Waals surface area contributed by atoms with E-state index in [1.807, 2.05) is 0 Å². The van der Waals surface area contributed by atoms with Crippen LogP contribution in [0.1, 0.15) is 26.3 Å². The molecule has 134 valence electrons. The summed E-state index contributed by atoms with van der Waals surface area (Å²) in [5, 5.41) is 5.68. The smallest absolute Gasteiger partial charge is 0.336 e. The SMILES string of the molecule is Cc1cc(=O)oc2cc(OCC(=O)NC(=O)NC(C)(C)C)c(Cl)cc12. The first-order chi connectivity index (χ1) is 11.5. The van der Waals surface area contributed by atoms with Crippen molar-refractivity contribution in [2.45, 2.75) is 33.2 Å². The number of urea groups is 1. The highest BCUT2D eigenvalue weighted by atomic mass is 35.5. The fourth-order valence-electron chi connectivity index (χ4n) is 2.11. The molecule has 0 atom stereocenters. The largest absolute Gasteiger partial charge is 0.482 e. The highest BCUT2D eigenvalue weighted by molar-refractivity contribution is 6.32. The van der Waals surface area contributed by atoms with Gasteiger partial charge in [0, 0.05) is 23.1 Å². The number of halogens is 1. The van der Waals surface area contributed by atoms with Crippen LogP contribution in [0.25, 0.3) is 11.0 Å². The molecule has 25 heavy (non-hydrogen) atoms. The first-order valence-electron chi connectivity index (χ1n) is 7.54. The highest BCUT2D eigenvalue weighted by Crippen LogP contribution is 2.30. The minimum Gasteiger partial charge on any atom is -0.482 e. The van der Waals surface area contributed by atoms with Crippen molar-refractivity contribution in [3.8, 4) is 5.75 Å². The van der Waals surface area contributed by atoms with Gasteiger partial charge in [0.05, 0.1) is 5.02 Å². The van der Waals surface area contributed by atoms with Crippen molar-refractivity contribution in [1.29, 1.82) is 0 Å². The molecule has 1 heterocycles. The zero-order valence-electron chi connectivity index (χ0n) is 14.4. The quantitative estimate of drug-likeness (QED) is 0.814. The van der Waals surface area contributed by atoms with Crippen LogP contribution in [0.5, 0.6) is 5.75 Å². The van der Waals surface area contributed by atoms with Gasteiger partial charge in [-0.05, 0) is 39.3 Å². The molecule has 2 N–H and O–H groups in total. The molecule has 2 aromatic rings. The number of hydrogen-bond acceptors (Lipinski definition) is 5. The van der Waals surface area contributed by atoms with E-state index < -0.39 is 29.7 Å². The lowest BCUT2D eigenvalue weighted by atomic mass is 10.1. The molecule has 0 unspecified atom stereocenters. The molecule has 0 saturated heterocycles. The van der Waals surface area contributed by atoms with Gasteiger partial charge < -0.3 is 14.5 Å². The first kappa shape index (κ1) is 18.8.